The molecule has 2 aromatic carbocycles. The first-order valence-electron chi connectivity index (χ1n) is 9.68. The van der Waals surface area contributed by atoms with Gasteiger partial charge in [-0.25, -0.2) is 5.43 Å². The summed E-state index contributed by atoms with van der Waals surface area (Å²) in [5.41, 5.74) is 4.72. The molecule has 0 unspecified atom stereocenters. The van der Waals surface area contributed by atoms with Crippen molar-refractivity contribution < 1.29 is 14.0 Å². The minimum Gasteiger partial charge on any atom is -0.460 e. The number of nitrogens with one attached hydrogen (secondary N) is 2. The van der Waals surface area contributed by atoms with Gasteiger partial charge >= 0.3 is 0 Å². The summed E-state index contributed by atoms with van der Waals surface area (Å²) in [7, 11) is 3.89. The van der Waals surface area contributed by atoms with Crippen molar-refractivity contribution in [3.8, 4) is 0 Å². The molecule has 0 aliphatic heterocycles. The molecule has 158 valence electrons. The molecule has 0 saturated carbocycles. The van der Waals surface area contributed by atoms with Crippen LogP contribution in [0.25, 0.3) is 6.08 Å². The van der Waals surface area contributed by atoms with Crippen LogP contribution in [0.2, 0.25) is 0 Å². The Morgan fingerprint density at radius 2 is 1.68 bits per heavy atom. The second-order valence-corrected chi connectivity index (χ2v) is 7.01. The molecule has 0 fully saturated rings. The Bertz CT molecular complexity index is 1100. The summed E-state index contributed by atoms with van der Waals surface area (Å²) in [4.78, 5) is 27.3. The lowest BCUT2D eigenvalue weighted by molar-refractivity contribution is -0.117. The highest BCUT2D eigenvalue weighted by molar-refractivity contribution is 6.05. The van der Waals surface area contributed by atoms with Crippen LogP contribution in [0.4, 0.5) is 5.69 Å². The smallest absolute Gasteiger partial charge is 0.287 e. The lowest BCUT2D eigenvalue weighted by atomic mass is 10.1. The third-order valence-corrected chi connectivity index (χ3v) is 4.37. The molecule has 0 saturated heterocycles. The summed E-state index contributed by atoms with van der Waals surface area (Å²) >= 11 is 0. The van der Waals surface area contributed by atoms with Crippen LogP contribution in [-0.2, 0) is 4.79 Å². The van der Waals surface area contributed by atoms with Gasteiger partial charge in [-0.3, -0.25) is 9.59 Å². The van der Waals surface area contributed by atoms with Gasteiger partial charge < -0.3 is 14.6 Å². The number of hydrogen-bond acceptors (Lipinski definition) is 5. The Balaban J connectivity index is 1.81. The van der Waals surface area contributed by atoms with Crippen molar-refractivity contribution in [2.45, 2.75) is 6.92 Å². The predicted octanol–water partition coefficient (Wildman–Crippen LogP) is 3.58. The van der Waals surface area contributed by atoms with Gasteiger partial charge in [-0.1, -0.05) is 30.3 Å². The summed E-state index contributed by atoms with van der Waals surface area (Å²) in [6, 6.07) is 19.8. The second-order valence-electron chi connectivity index (χ2n) is 7.01. The molecule has 2 N–H and O–H groups in total. The van der Waals surface area contributed by atoms with E-state index in [0.29, 0.717) is 11.3 Å². The molecule has 0 radical (unpaired) electrons. The molecule has 7 nitrogen and oxygen atoms in total. The summed E-state index contributed by atoms with van der Waals surface area (Å²) in [5, 5.41) is 6.59. The number of furan rings is 1. The number of amides is 2. The molecule has 7 heteroatoms. The van der Waals surface area contributed by atoms with Crippen LogP contribution >= 0.6 is 0 Å². The molecule has 1 aromatic heterocycles. The summed E-state index contributed by atoms with van der Waals surface area (Å²) < 4.78 is 5.39. The van der Waals surface area contributed by atoms with E-state index < -0.39 is 11.8 Å². The van der Waals surface area contributed by atoms with Gasteiger partial charge in [-0.15, -0.1) is 0 Å². The molecule has 3 aromatic rings. The Labute approximate surface area is 181 Å². The number of hydrogen-bond donors (Lipinski definition) is 2. The van der Waals surface area contributed by atoms with E-state index in [1.807, 2.05) is 56.3 Å². The van der Waals surface area contributed by atoms with Gasteiger partial charge in [0, 0.05) is 25.3 Å². The number of benzene rings is 2. The van der Waals surface area contributed by atoms with E-state index in [2.05, 4.69) is 15.8 Å². The SMILES string of the molecule is Cc1ccc(C=NNC(=O)C(=Cc2ccc(N(C)C)cc2)NC(=O)c2ccccc2)o1. The molecule has 0 bridgehead atoms. The van der Waals surface area contributed by atoms with Crippen molar-refractivity contribution in [2.24, 2.45) is 5.10 Å². The normalized spacial score (nSPS) is 11.4. The standard InChI is InChI=1S/C24H24N4O3/c1-17-9-14-21(31-17)16-25-27-24(30)22(26-23(29)19-7-5-4-6-8-19)15-18-10-12-20(13-11-18)28(2)3/h4-16H,1-3H3,(H,26,29)(H,27,30). The topological polar surface area (TPSA) is 86.9 Å². The fourth-order valence-electron chi connectivity index (χ4n) is 2.72. The first-order chi connectivity index (χ1) is 14.9. The lowest BCUT2D eigenvalue weighted by Gasteiger charge is -2.12. The predicted molar refractivity (Wildman–Crippen MR) is 122 cm³/mol. The molecule has 2 amide bonds. The lowest BCUT2D eigenvalue weighted by Crippen LogP contribution is -2.32. The van der Waals surface area contributed by atoms with Crippen LogP contribution in [0.1, 0.15) is 27.4 Å². The number of carbonyl (C=O) groups is 2. The van der Waals surface area contributed by atoms with E-state index in [9.17, 15) is 9.59 Å². The minimum atomic E-state index is -0.555. The Hall–Kier alpha value is -4.13. The molecular formula is C24H24N4O3. The number of anilines is 1. The van der Waals surface area contributed by atoms with Crippen molar-refractivity contribution in [2.75, 3.05) is 19.0 Å². The van der Waals surface area contributed by atoms with Crippen LogP contribution in [0.3, 0.4) is 0 Å². The molecule has 0 spiro atoms. The zero-order valence-electron chi connectivity index (χ0n) is 17.6. The quantitative estimate of drug-likeness (QED) is 0.350. The monoisotopic (exact) mass is 416 g/mol. The van der Waals surface area contributed by atoms with Crippen LogP contribution in [0.5, 0.6) is 0 Å². The molecular weight excluding hydrogens is 392 g/mol. The number of hydrazone groups is 1. The van der Waals surface area contributed by atoms with E-state index in [0.717, 1.165) is 17.0 Å². The molecule has 0 aliphatic carbocycles. The number of nitrogens with zero attached hydrogens (tertiary/aromatic N) is 2. The van der Waals surface area contributed by atoms with Crippen LogP contribution in [0.15, 0.2) is 81.9 Å². The number of aryl methyl sites for hydroxylation is 1. The van der Waals surface area contributed by atoms with Crippen LogP contribution in [-0.4, -0.2) is 32.1 Å². The highest BCUT2D eigenvalue weighted by Gasteiger charge is 2.14. The van der Waals surface area contributed by atoms with E-state index in [4.69, 9.17) is 4.42 Å². The summed E-state index contributed by atoms with van der Waals surface area (Å²) in [5.74, 6) is 0.304. The van der Waals surface area contributed by atoms with Crippen LogP contribution < -0.4 is 15.6 Å². The summed E-state index contributed by atoms with van der Waals surface area (Å²) in [6.45, 7) is 1.82. The van der Waals surface area contributed by atoms with E-state index in [1.54, 1.807) is 42.5 Å². The number of carbonyl (C=O) groups excluding carboxylic acids is 2. The third-order valence-electron chi connectivity index (χ3n) is 4.37. The van der Waals surface area contributed by atoms with Gasteiger partial charge in [0.1, 0.15) is 17.2 Å². The Morgan fingerprint density at radius 3 is 2.29 bits per heavy atom. The van der Waals surface area contributed by atoms with E-state index in [1.165, 1.54) is 6.21 Å². The zero-order chi connectivity index (χ0) is 22.2. The van der Waals surface area contributed by atoms with Gasteiger partial charge in [0.15, 0.2) is 0 Å². The van der Waals surface area contributed by atoms with Gasteiger partial charge in [-0.05, 0) is 55.0 Å². The maximum Gasteiger partial charge on any atom is 0.287 e. The highest BCUT2D eigenvalue weighted by Crippen LogP contribution is 2.14. The van der Waals surface area contributed by atoms with Crippen molar-refractivity contribution in [3.05, 3.63) is 95.1 Å². The van der Waals surface area contributed by atoms with Crippen molar-refractivity contribution >= 4 is 29.8 Å². The largest absolute Gasteiger partial charge is 0.460 e. The summed E-state index contributed by atoms with van der Waals surface area (Å²) in [6.07, 6.45) is 3.00. The fraction of sp³-hybridized carbons (Fsp3) is 0.125. The van der Waals surface area contributed by atoms with Crippen molar-refractivity contribution in [1.82, 2.24) is 10.7 Å². The Kier molecular flexibility index (Phi) is 7.01. The molecule has 0 atom stereocenters. The van der Waals surface area contributed by atoms with Gasteiger partial charge in [0.25, 0.3) is 11.8 Å². The first kappa shape index (κ1) is 21.6. The first-order valence-corrected chi connectivity index (χ1v) is 9.68. The van der Waals surface area contributed by atoms with Crippen molar-refractivity contribution in [1.29, 1.82) is 0 Å². The second kappa shape index (κ2) is 10.1. The van der Waals surface area contributed by atoms with Crippen LogP contribution in [0, 0.1) is 6.92 Å². The molecule has 1 heterocycles. The molecule has 0 aliphatic rings. The maximum absolute atomic E-state index is 12.7. The van der Waals surface area contributed by atoms with Gasteiger partial charge in [-0.2, -0.15) is 5.10 Å². The van der Waals surface area contributed by atoms with E-state index >= 15 is 0 Å². The Morgan fingerprint density at radius 1 is 0.968 bits per heavy atom. The van der Waals surface area contributed by atoms with Gasteiger partial charge in [0.2, 0.25) is 0 Å². The minimum absolute atomic E-state index is 0.0687. The molecule has 31 heavy (non-hydrogen) atoms. The maximum atomic E-state index is 12.7. The van der Waals surface area contributed by atoms with Crippen molar-refractivity contribution in [3.63, 3.8) is 0 Å². The average Bonchev–Trinajstić information content (AvgIpc) is 3.19. The van der Waals surface area contributed by atoms with E-state index in [-0.39, 0.29) is 5.70 Å². The number of rotatable bonds is 7. The average molecular weight is 416 g/mol. The third kappa shape index (κ3) is 6.17. The zero-order valence-corrected chi connectivity index (χ0v) is 17.6. The molecule has 3 rings (SSSR count). The van der Waals surface area contributed by atoms with Gasteiger partial charge in [0.05, 0.1) is 6.21 Å². The fourth-order valence-corrected chi connectivity index (χ4v) is 2.72. The highest BCUT2D eigenvalue weighted by atomic mass is 16.3.